The number of nitrogens with zero attached hydrogens (tertiary/aromatic N) is 3. The summed E-state index contributed by atoms with van der Waals surface area (Å²) in [7, 11) is 0. The lowest BCUT2D eigenvalue weighted by atomic mass is 10.1. The number of anilines is 1. The van der Waals surface area contributed by atoms with Gasteiger partial charge >= 0.3 is 0 Å². The number of piperazine rings is 2. The number of rotatable bonds is 3. The van der Waals surface area contributed by atoms with E-state index in [2.05, 4.69) is 48.0 Å². The van der Waals surface area contributed by atoms with Crippen molar-refractivity contribution in [3.05, 3.63) is 29.8 Å². The topological polar surface area (TPSA) is 38.8 Å². The largest absolute Gasteiger partial charge is 0.369 e. The minimum Gasteiger partial charge on any atom is -0.369 e. The van der Waals surface area contributed by atoms with Crippen molar-refractivity contribution in [2.45, 2.75) is 32.9 Å². The average molecular weight is 330 g/mol. The van der Waals surface area contributed by atoms with Gasteiger partial charge in [-0.15, -0.1) is 0 Å². The highest BCUT2D eigenvalue weighted by atomic mass is 16.2. The third kappa shape index (κ3) is 3.73. The number of carbonyl (C=O) groups is 1. The molecule has 2 saturated heterocycles. The second-order valence-corrected chi connectivity index (χ2v) is 7.22. The maximum Gasteiger partial charge on any atom is 0.254 e. The third-order valence-corrected chi connectivity index (χ3v) is 5.29. The number of carbonyl (C=O) groups excluding carboxylic acids is 1. The van der Waals surface area contributed by atoms with Crippen LogP contribution >= 0.6 is 0 Å². The van der Waals surface area contributed by atoms with Gasteiger partial charge in [-0.1, -0.05) is 0 Å². The van der Waals surface area contributed by atoms with Crippen LogP contribution in [0.25, 0.3) is 0 Å². The Bertz CT molecular complexity index is 549. The van der Waals surface area contributed by atoms with Gasteiger partial charge < -0.3 is 15.1 Å². The molecule has 0 unspecified atom stereocenters. The molecule has 0 bridgehead atoms. The summed E-state index contributed by atoms with van der Waals surface area (Å²) >= 11 is 0. The van der Waals surface area contributed by atoms with Gasteiger partial charge in [-0.25, -0.2) is 0 Å². The summed E-state index contributed by atoms with van der Waals surface area (Å²) in [5.41, 5.74) is 2.02. The first-order chi connectivity index (χ1) is 11.6. The number of nitrogens with one attached hydrogen (secondary N) is 1. The predicted octanol–water partition coefficient (Wildman–Crippen LogP) is 1.65. The molecule has 2 heterocycles. The van der Waals surface area contributed by atoms with Gasteiger partial charge in [0.25, 0.3) is 5.91 Å². The van der Waals surface area contributed by atoms with E-state index in [0.717, 1.165) is 51.4 Å². The van der Waals surface area contributed by atoms with Crippen molar-refractivity contribution in [3.8, 4) is 0 Å². The Labute approximate surface area is 145 Å². The highest BCUT2D eigenvalue weighted by Gasteiger charge is 2.24. The summed E-state index contributed by atoms with van der Waals surface area (Å²) in [4.78, 5) is 19.6. The van der Waals surface area contributed by atoms with Crippen LogP contribution in [-0.4, -0.2) is 73.6 Å². The summed E-state index contributed by atoms with van der Waals surface area (Å²) in [6.45, 7) is 13.5. The smallest absolute Gasteiger partial charge is 0.254 e. The lowest BCUT2D eigenvalue weighted by Gasteiger charge is -2.38. The SMILES string of the molecule is CC(C)N1CCN(c2ccc(C(=O)N3CCNC[C@H]3C)cc2)CC1. The molecule has 0 aliphatic carbocycles. The lowest BCUT2D eigenvalue weighted by Crippen LogP contribution is -2.52. The molecule has 2 aliphatic heterocycles. The van der Waals surface area contributed by atoms with Gasteiger partial charge in [-0.3, -0.25) is 9.69 Å². The summed E-state index contributed by atoms with van der Waals surface area (Å²) in [5, 5.41) is 3.33. The van der Waals surface area contributed by atoms with Gasteiger partial charge in [0, 0.05) is 69.1 Å². The molecule has 1 aromatic rings. The van der Waals surface area contributed by atoms with E-state index in [9.17, 15) is 4.79 Å². The molecule has 2 aliphatic rings. The average Bonchev–Trinajstić information content (AvgIpc) is 2.62. The van der Waals surface area contributed by atoms with Crippen LogP contribution in [0, 0.1) is 0 Å². The zero-order valence-electron chi connectivity index (χ0n) is 15.2. The van der Waals surface area contributed by atoms with E-state index in [1.54, 1.807) is 0 Å². The van der Waals surface area contributed by atoms with Crippen molar-refractivity contribution in [3.63, 3.8) is 0 Å². The second-order valence-electron chi connectivity index (χ2n) is 7.22. The highest BCUT2D eigenvalue weighted by molar-refractivity contribution is 5.94. The van der Waals surface area contributed by atoms with Gasteiger partial charge in [-0.05, 0) is 45.0 Å². The molecule has 0 saturated carbocycles. The fraction of sp³-hybridized carbons (Fsp3) is 0.632. The van der Waals surface area contributed by atoms with Crippen molar-refractivity contribution in [1.29, 1.82) is 0 Å². The van der Waals surface area contributed by atoms with Gasteiger partial charge in [0.2, 0.25) is 0 Å². The molecule has 5 nitrogen and oxygen atoms in total. The minimum absolute atomic E-state index is 0.153. The van der Waals surface area contributed by atoms with Crippen molar-refractivity contribution >= 4 is 11.6 Å². The second kappa shape index (κ2) is 7.53. The van der Waals surface area contributed by atoms with Crippen LogP contribution in [0.5, 0.6) is 0 Å². The first-order valence-corrected chi connectivity index (χ1v) is 9.17. The van der Waals surface area contributed by atoms with E-state index in [-0.39, 0.29) is 11.9 Å². The molecule has 1 N–H and O–H groups in total. The van der Waals surface area contributed by atoms with E-state index in [0.29, 0.717) is 6.04 Å². The first kappa shape index (κ1) is 17.2. The van der Waals surface area contributed by atoms with Crippen LogP contribution in [0.3, 0.4) is 0 Å². The van der Waals surface area contributed by atoms with Crippen molar-refractivity contribution in [2.24, 2.45) is 0 Å². The number of benzene rings is 1. The number of hydrogen-bond acceptors (Lipinski definition) is 4. The molecular formula is C19H30N4O. The fourth-order valence-electron chi connectivity index (χ4n) is 3.62. The Kier molecular flexibility index (Phi) is 5.41. The lowest BCUT2D eigenvalue weighted by molar-refractivity contribution is 0.0656. The molecule has 5 heteroatoms. The van der Waals surface area contributed by atoms with Crippen LogP contribution in [0.1, 0.15) is 31.1 Å². The van der Waals surface area contributed by atoms with E-state index in [4.69, 9.17) is 0 Å². The maximum atomic E-state index is 12.7. The number of hydrogen-bond donors (Lipinski definition) is 1. The van der Waals surface area contributed by atoms with E-state index < -0.39 is 0 Å². The molecule has 24 heavy (non-hydrogen) atoms. The zero-order valence-corrected chi connectivity index (χ0v) is 15.2. The quantitative estimate of drug-likeness (QED) is 0.915. The van der Waals surface area contributed by atoms with Gasteiger partial charge in [0.1, 0.15) is 0 Å². The summed E-state index contributed by atoms with van der Waals surface area (Å²) in [5.74, 6) is 0.153. The van der Waals surface area contributed by atoms with E-state index >= 15 is 0 Å². The Hall–Kier alpha value is -1.59. The molecule has 0 spiro atoms. The summed E-state index contributed by atoms with van der Waals surface area (Å²) < 4.78 is 0. The maximum absolute atomic E-state index is 12.7. The fourth-order valence-corrected chi connectivity index (χ4v) is 3.62. The van der Waals surface area contributed by atoms with Crippen LogP contribution in [0.2, 0.25) is 0 Å². The standard InChI is InChI=1S/C19H30N4O/c1-15(2)21-10-12-22(13-11-21)18-6-4-17(5-7-18)19(24)23-9-8-20-14-16(23)3/h4-7,15-16,20H,8-14H2,1-3H3/t16-/m1/s1. The van der Waals surface area contributed by atoms with Crippen LogP contribution < -0.4 is 10.2 Å². The summed E-state index contributed by atoms with van der Waals surface area (Å²) in [6.07, 6.45) is 0. The number of amides is 1. The molecule has 2 fully saturated rings. The van der Waals surface area contributed by atoms with Crippen LogP contribution in [0.4, 0.5) is 5.69 Å². The first-order valence-electron chi connectivity index (χ1n) is 9.17. The minimum atomic E-state index is 0.153. The van der Waals surface area contributed by atoms with Gasteiger partial charge in [0.15, 0.2) is 0 Å². The Morgan fingerprint density at radius 3 is 2.33 bits per heavy atom. The molecule has 0 radical (unpaired) electrons. The molecule has 3 rings (SSSR count). The van der Waals surface area contributed by atoms with Crippen LogP contribution in [0.15, 0.2) is 24.3 Å². The molecule has 1 amide bonds. The molecule has 1 atom stereocenters. The Morgan fingerprint density at radius 2 is 1.75 bits per heavy atom. The normalized spacial score (nSPS) is 22.9. The molecule has 132 valence electrons. The van der Waals surface area contributed by atoms with E-state index in [1.165, 1.54) is 5.69 Å². The molecule has 1 aromatic carbocycles. The van der Waals surface area contributed by atoms with Gasteiger partial charge in [-0.2, -0.15) is 0 Å². The van der Waals surface area contributed by atoms with Gasteiger partial charge in [0.05, 0.1) is 0 Å². The monoisotopic (exact) mass is 330 g/mol. The van der Waals surface area contributed by atoms with Crippen LogP contribution in [-0.2, 0) is 0 Å². The highest BCUT2D eigenvalue weighted by Crippen LogP contribution is 2.19. The zero-order chi connectivity index (χ0) is 17.1. The Morgan fingerprint density at radius 1 is 1.08 bits per heavy atom. The predicted molar refractivity (Wildman–Crippen MR) is 98.7 cm³/mol. The molecule has 0 aromatic heterocycles. The third-order valence-electron chi connectivity index (χ3n) is 5.29. The summed E-state index contributed by atoms with van der Waals surface area (Å²) in [6, 6.07) is 9.06. The van der Waals surface area contributed by atoms with E-state index in [1.807, 2.05) is 17.0 Å². The molecular weight excluding hydrogens is 300 g/mol. The Balaban J connectivity index is 1.62. The van der Waals surface area contributed by atoms with Crippen molar-refractivity contribution in [1.82, 2.24) is 15.1 Å². The van der Waals surface area contributed by atoms with Crippen molar-refractivity contribution < 1.29 is 4.79 Å². The van der Waals surface area contributed by atoms with Crippen molar-refractivity contribution in [2.75, 3.05) is 50.7 Å².